The molecule has 19 nitrogen and oxygen atoms in total. The average molecular weight is 1190 g/mol. The molecule has 3 saturated heterocycles. The van der Waals surface area contributed by atoms with Gasteiger partial charge >= 0.3 is 0 Å². The average Bonchev–Trinajstić information content (AvgIpc) is 3.56. The molecule has 1 amide bonds. The van der Waals surface area contributed by atoms with Crippen LogP contribution in [0, 0.1) is 0 Å². The van der Waals surface area contributed by atoms with E-state index in [1.54, 1.807) is 12.2 Å². The molecule has 19 heteroatoms. The molecule has 17 atom stereocenters. The first-order chi connectivity index (χ1) is 40.3. The lowest BCUT2D eigenvalue weighted by molar-refractivity contribution is -0.379. The number of allylic oxidation sites excluding steroid dienone is 1. The van der Waals surface area contributed by atoms with E-state index in [-0.39, 0.29) is 18.9 Å². The predicted octanol–water partition coefficient (Wildman–Crippen LogP) is 7.72. The van der Waals surface area contributed by atoms with Crippen molar-refractivity contribution in [3.05, 3.63) is 12.2 Å². The molecular weight excluding hydrogens is 1070 g/mol. The summed E-state index contributed by atoms with van der Waals surface area (Å²) >= 11 is 0. The third-order valence-electron chi connectivity index (χ3n) is 17.1. The number of nitrogens with one attached hydrogen (secondary N) is 1. The summed E-state index contributed by atoms with van der Waals surface area (Å²) in [7, 11) is 0. The van der Waals surface area contributed by atoms with Crippen molar-refractivity contribution in [3.63, 3.8) is 0 Å². The molecule has 17 unspecified atom stereocenters. The highest BCUT2D eigenvalue weighted by atomic mass is 16.8. The zero-order valence-corrected chi connectivity index (χ0v) is 51.4. The fourth-order valence-corrected chi connectivity index (χ4v) is 11.6. The first kappa shape index (κ1) is 75.8. The van der Waals surface area contributed by atoms with Crippen LogP contribution in [0.4, 0.5) is 0 Å². The van der Waals surface area contributed by atoms with Crippen LogP contribution in [-0.2, 0) is 33.2 Å². The number of aliphatic hydroxyl groups excluding tert-OH is 11. The minimum Gasteiger partial charge on any atom is -0.394 e. The number of amides is 1. The first-order valence-corrected chi connectivity index (χ1v) is 33.4. The summed E-state index contributed by atoms with van der Waals surface area (Å²) in [6, 6.07) is -0.964. The fourth-order valence-electron chi connectivity index (χ4n) is 11.6. The topological polar surface area (TPSA) is 307 Å². The van der Waals surface area contributed by atoms with Gasteiger partial charge in [-0.05, 0) is 12.8 Å². The molecule has 3 aliphatic rings. The van der Waals surface area contributed by atoms with Crippen molar-refractivity contribution in [1.82, 2.24) is 5.32 Å². The van der Waals surface area contributed by atoms with Gasteiger partial charge in [0.25, 0.3) is 0 Å². The van der Waals surface area contributed by atoms with Crippen LogP contribution >= 0.6 is 0 Å². The predicted molar refractivity (Wildman–Crippen MR) is 319 cm³/mol. The Bertz CT molecular complexity index is 1560. The minimum absolute atomic E-state index is 0.246. The third kappa shape index (κ3) is 30.5. The van der Waals surface area contributed by atoms with E-state index >= 15 is 0 Å². The summed E-state index contributed by atoms with van der Waals surface area (Å²) < 4.78 is 34.0. The van der Waals surface area contributed by atoms with Crippen LogP contribution in [0.5, 0.6) is 0 Å². The van der Waals surface area contributed by atoms with Gasteiger partial charge in [0, 0.05) is 6.42 Å². The Kier molecular flexibility index (Phi) is 43.4. The van der Waals surface area contributed by atoms with Gasteiger partial charge in [-0.15, -0.1) is 0 Å². The van der Waals surface area contributed by atoms with Crippen LogP contribution in [0.3, 0.4) is 0 Å². The second-order valence-electron chi connectivity index (χ2n) is 24.3. The van der Waals surface area contributed by atoms with Crippen molar-refractivity contribution in [3.8, 4) is 0 Å². The van der Waals surface area contributed by atoms with Crippen molar-refractivity contribution in [2.24, 2.45) is 0 Å². The molecule has 0 aromatic rings. The molecule has 3 heterocycles. The number of hydrogen-bond acceptors (Lipinski definition) is 18. The summed E-state index contributed by atoms with van der Waals surface area (Å²) in [6.45, 7) is 1.51. The van der Waals surface area contributed by atoms with Gasteiger partial charge in [0.1, 0.15) is 73.2 Å². The van der Waals surface area contributed by atoms with E-state index in [4.69, 9.17) is 28.4 Å². The summed E-state index contributed by atoms with van der Waals surface area (Å²) in [5.41, 5.74) is 0. The standard InChI is InChI=1S/C64H121NO18/c1-3-5-7-8-9-10-11-12-13-14-15-16-17-18-19-20-21-22-23-24-25-26-27-28-29-30-31-32-33-34-35-36-37-38-40-42-52(70)65-47(48(69)41-39-6-4-2)46-78-62-58(76)55(73)60(50(44-67)80-62)83-64-59(77)56(74)61(51(45-68)81-64)82-63-57(75)54(72)53(71)49(43-66)79-63/h39,41,47-51,53-64,66-69,71-77H,3-38,40,42-46H2,1-2H3,(H,65,70)/b41-39+. The van der Waals surface area contributed by atoms with Crippen molar-refractivity contribution in [2.45, 2.75) is 362 Å². The van der Waals surface area contributed by atoms with Gasteiger partial charge in [0.2, 0.25) is 5.91 Å². The second-order valence-corrected chi connectivity index (χ2v) is 24.3. The Morgan fingerprint density at radius 1 is 0.422 bits per heavy atom. The molecule has 0 bridgehead atoms. The van der Waals surface area contributed by atoms with Crippen LogP contribution in [0.25, 0.3) is 0 Å². The van der Waals surface area contributed by atoms with Crippen LogP contribution < -0.4 is 5.32 Å². The van der Waals surface area contributed by atoms with E-state index < -0.39 is 124 Å². The molecular formula is C64H121NO18. The van der Waals surface area contributed by atoms with E-state index in [1.807, 2.05) is 6.92 Å². The molecule has 0 radical (unpaired) electrons. The van der Waals surface area contributed by atoms with Gasteiger partial charge in [-0.3, -0.25) is 4.79 Å². The van der Waals surface area contributed by atoms with Gasteiger partial charge in [0.05, 0.1) is 38.6 Å². The number of unbranched alkanes of at least 4 members (excludes halogenated alkanes) is 35. The van der Waals surface area contributed by atoms with E-state index in [1.165, 1.54) is 199 Å². The highest BCUT2D eigenvalue weighted by Gasteiger charge is 2.53. The highest BCUT2D eigenvalue weighted by Crippen LogP contribution is 2.33. The number of hydrogen-bond donors (Lipinski definition) is 12. The summed E-state index contributed by atoms with van der Waals surface area (Å²) in [5.74, 6) is -0.283. The Balaban J connectivity index is 1.21. The number of rotatable bonds is 51. The summed E-state index contributed by atoms with van der Waals surface area (Å²) in [4.78, 5) is 13.2. The van der Waals surface area contributed by atoms with Crippen LogP contribution in [0.2, 0.25) is 0 Å². The molecule has 3 fully saturated rings. The maximum atomic E-state index is 13.2. The van der Waals surface area contributed by atoms with Gasteiger partial charge < -0.3 is 89.9 Å². The van der Waals surface area contributed by atoms with E-state index in [2.05, 4.69) is 12.2 Å². The maximum Gasteiger partial charge on any atom is 0.220 e. The fraction of sp³-hybridized carbons (Fsp3) is 0.953. The molecule has 3 aliphatic heterocycles. The SMILES string of the molecule is CCC/C=C/C(O)C(COC1OC(CO)C(OC2OC(CO)C(OC3OC(CO)C(O)C(O)C3O)C(O)C2O)C(O)C1O)NC(=O)CCCCCCCCCCCCCCCCCCCCCCCCCCCCCCCCCCCCC. The molecule has 0 aromatic carbocycles. The van der Waals surface area contributed by atoms with Gasteiger partial charge in [-0.1, -0.05) is 251 Å². The Morgan fingerprint density at radius 3 is 1.11 bits per heavy atom. The number of carbonyl (C=O) groups excluding carboxylic acids is 1. The Labute approximate surface area is 499 Å². The van der Waals surface area contributed by atoms with Gasteiger partial charge in [-0.2, -0.15) is 0 Å². The van der Waals surface area contributed by atoms with Crippen molar-refractivity contribution in [2.75, 3.05) is 26.4 Å². The molecule has 0 aliphatic carbocycles. The lowest BCUT2D eigenvalue weighted by Crippen LogP contribution is -2.66. The van der Waals surface area contributed by atoms with Crippen LogP contribution in [0.15, 0.2) is 12.2 Å². The van der Waals surface area contributed by atoms with E-state index in [9.17, 15) is 61.0 Å². The van der Waals surface area contributed by atoms with E-state index in [0.717, 1.165) is 25.7 Å². The van der Waals surface area contributed by atoms with Gasteiger partial charge in [-0.25, -0.2) is 0 Å². The zero-order chi connectivity index (χ0) is 60.5. The lowest BCUT2D eigenvalue weighted by Gasteiger charge is -2.48. The van der Waals surface area contributed by atoms with Crippen LogP contribution in [-0.4, -0.2) is 193 Å². The normalized spacial score (nSPS) is 29.4. The molecule has 12 N–H and O–H groups in total. The number of carbonyl (C=O) groups is 1. The second kappa shape index (κ2) is 47.5. The highest BCUT2D eigenvalue weighted by molar-refractivity contribution is 5.76. The molecule has 0 saturated carbocycles. The van der Waals surface area contributed by atoms with Crippen LogP contribution in [0.1, 0.15) is 258 Å². The Morgan fingerprint density at radius 2 is 0.747 bits per heavy atom. The van der Waals surface area contributed by atoms with Crippen molar-refractivity contribution < 1.29 is 89.4 Å². The number of ether oxygens (including phenoxy) is 6. The van der Waals surface area contributed by atoms with Gasteiger partial charge in [0.15, 0.2) is 18.9 Å². The smallest absolute Gasteiger partial charge is 0.220 e. The zero-order valence-electron chi connectivity index (χ0n) is 51.4. The molecule has 3 rings (SSSR count). The molecule has 0 spiro atoms. The molecule has 83 heavy (non-hydrogen) atoms. The monoisotopic (exact) mass is 1190 g/mol. The number of aliphatic hydroxyl groups is 11. The third-order valence-corrected chi connectivity index (χ3v) is 17.1. The quantitative estimate of drug-likeness (QED) is 0.0205. The minimum atomic E-state index is -1.97. The Hall–Kier alpha value is -1.47. The summed E-state index contributed by atoms with van der Waals surface area (Å²) in [6.07, 6.45) is 25.3. The van der Waals surface area contributed by atoms with Crippen molar-refractivity contribution in [1.29, 1.82) is 0 Å². The lowest BCUT2D eigenvalue weighted by atomic mass is 9.96. The maximum absolute atomic E-state index is 13.2. The largest absolute Gasteiger partial charge is 0.394 e. The van der Waals surface area contributed by atoms with E-state index in [0.29, 0.717) is 12.8 Å². The molecule has 490 valence electrons. The molecule has 0 aromatic heterocycles. The summed E-state index contributed by atoms with van der Waals surface area (Å²) in [5, 5.41) is 119. The van der Waals surface area contributed by atoms with Crippen molar-refractivity contribution >= 4 is 5.91 Å². The first-order valence-electron chi connectivity index (χ1n) is 33.4.